The van der Waals surface area contributed by atoms with Gasteiger partial charge >= 0.3 is 6.18 Å². The topological polar surface area (TPSA) is 29.5 Å². The lowest BCUT2D eigenvalue weighted by Crippen LogP contribution is -2.21. The maximum atomic E-state index is 11.3. The second-order valence-corrected chi connectivity index (χ2v) is 1.55. The Morgan fingerprint density at radius 3 is 2.40 bits per heavy atom. The minimum Gasteiger partial charge on any atom is -0.365 e. The fourth-order valence-electron chi connectivity index (χ4n) is 0.248. The quantitative estimate of drug-likeness (QED) is 0.489. The lowest BCUT2D eigenvalue weighted by molar-refractivity contribution is -0.205. The predicted octanol–water partition coefficient (Wildman–Crippen LogP) is 1.07. The normalized spacial score (nSPS) is 14.8. The van der Waals surface area contributed by atoms with E-state index in [1.165, 1.54) is 0 Å². The van der Waals surface area contributed by atoms with Gasteiger partial charge in [-0.25, -0.2) is 0 Å². The van der Waals surface area contributed by atoms with Gasteiger partial charge in [-0.2, -0.15) is 13.2 Å². The summed E-state index contributed by atoms with van der Waals surface area (Å²) >= 11 is 0. The van der Waals surface area contributed by atoms with Crippen LogP contribution >= 0.6 is 0 Å². The zero-order chi connectivity index (χ0) is 8.20. The monoisotopic (exact) mass is 156 g/mol. The first-order chi connectivity index (χ1) is 4.45. The number of aliphatic hydroxyl groups is 1. The Morgan fingerprint density at radius 1 is 1.60 bits per heavy atom. The molecule has 1 atom stereocenters. The van der Waals surface area contributed by atoms with Crippen molar-refractivity contribution in [1.29, 1.82) is 0 Å². The second-order valence-electron chi connectivity index (χ2n) is 1.55. The van der Waals surface area contributed by atoms with Crippen molar-refractivity contribution in [3.8, 4) is 0 Å². The summed E-state index contributed by atoms with van der Waals surface area (Å²) in [5, 5.41) is 8.38. The van der Waals surface area contributed by atoms with Gasteiger partial charge in [0, 0.05) is 0 Å². The summed E-state index contributed by atoms with van der Waals surface area (Å²) in [5.74, 6) is 0. The third kappa shape index (κ3) is 5.58. The number of ether oxygens (including phenoxy) is 1. The Labute approximate surface area is 55.9 Å². The molecule has 0 aliphatic carbocycles. The first-order valence-corrected chi connectivity index (χ1v) is 2.44. The first kappa shape index (κ1) is 9.45. The van der Waals surface area contributed by atoms with Gasteiger partial charge in [-0.3, -0.25) is 0 Å². The van der Waals surface area contributed by atoms with Crippen LogP contribution in [0.15, 0.2) is 12.7 Å². The van der Waals surface area contributed by atoms with Crippen LogP contribution in [0.4, 0.5) is 13.2 Å². The van der Waals surface area contributed by atoms with Crippen molar-refractivity contribution < 1.29 is 23.0 Å². The van der Waals surface area contributed by atoms with Crippen molar-refractivity contribution in [2.24, 2.45) is 0 Å². The second kappa shape index (κ2) is 3.58. The van der Waals surface area contributed by atoms with Crippen LogP contribution in [0.1, 0.15) is 0 Å². The Hall–Kier alpha value is -0.550. The molecule has 60 valence electrons. The molecule has 0 saturated heterocycles. The molecule has 0 spiro atoms. The van der Waals surface area contributed by atoms with Crippen LogP contribution in [0, 0.1) is 0 Å². The molecule has 1 unspecified atom stereocenters. The van der Waals surface area contributed by atoms with Crippen molar-refractivity contribution in [3.05, 3.63) is 12.7 Å². The minimum absolute atomic E-state index is 0.867. The number of hydrogen-bond donors (Lipinski definition) is 1. The van der Waals surface area contributed by atoms with E-state index in [9.17, 15) is 13.2 Å². The smallest absolute Gasteiger partial charge is 0.365 e. The van der Waals surface area contributed by atoms with E-state index in [0.29, 0.717) is 0 Å². The molecule has 0 rings (SSSR count). The molecule has 2 nitrogen and oxygen atoms in total. The number of alkyl halides is 3. The molecular formula is C5H7F3O2. The Morgan fingerprint density at radius 2 is 2.10 bits per heavy atom. The van der Waals surface area contributed by atoms with Crippen LogP contribution in [-0.4, -0.2) is 24.2 Å². The fourth-order valence-corrected chi connectivity index (χ4v) is 0.248. The molecule has 0 aliphatic rings. The third-order valence-electron chi connectivity index (χ3n) is 0.619. The molecule has 0 heterocycles. The van der Waals surface area contributed by atoms with Gasteiger partial charge in [0.2, 0.25) is 0 Å². The summed E-state index contributed by atoms with van der Waals surface area (Å²) in [6, 6.07) is 0. The minimum atomic E-state index is -4.40. The molecule has 5 heteroatoms. The van der Waals surface area contributed by atoms with Crippen molar-refractivity contribution in [2.45, 2.75) is 12.5 Å². The number of hydrogen-bond acceptors (Lipinski definition) is 2. The van der Waals surface area contributed by atoms with Crippen LogP contribution < -0.4 is 0 Å². The molecule has 0 fully saturated rings. The molecule has 0 amide bonds. The van der Waals surface area contributed by atoms with Gasteiger partial charge in [0.1, 0.15) is 6.61 Å². The molecular weight excluding hydrogens is 149 g/mol. The highest BCUT2D eigenvalue weighted by Crippen LogP contribution is 2.14. The molecule has 0 bridgehead atoms. The number of halogens is 3. The summed E-state index contributed by atoms with van der Waals surface area (Å²) < 4.78 is 37.7. The van der Waals surface area contributed by atoms with E-state index in [1.54, 1.807) is 0 Å². The molecule has 0 radical (unpaired) electrons. The Kier molecular flexibility index (Phi) is 3.38. The zero-order valence-electron chi connectivity index (χ0n) is 5.06. The lowest BCUT2D eigenvalue weighted by Gasteiger charge is -2.09. The van der Waals surface area contributed by atoms with E-state index < -0.39 is 19.1 Å². The fraction of sp³-hybridized carbons (Fsp3) is 0.600. The van der Waals surface area contributed by atoms with Crippen molar-refractivity contribution >= 4 is 0 Å². The van der Waals surface area contributed by atoms with Gasteiger partial charge in [-0.05, 0) is 6.08 Å². The van der Waals surface area contributed by atoms with Crippen molar-refractivity contribution in [1.82, 2.24) is 0 Å². The number of aliphatic hydroxyl groups excluding tert-OH is 1. The standard InChI is InChI=1S/C5H7F3O2/c1-2-4(9)10-3-5(6,7)8/h2,4,9H,1,3H2. The largest absolute Gasteiger partial charge is 0.411 e. The van der Waals surface area contributed by atoms with E-state index >= 15 is 0 Å². The van der Waals surface area contributed by atoms with Crippen molar-refractivity contribution in [3.63, 3.8) is 0 Å². The average molecular weight is 156 g/mol. The van der Waals surface area contributed by atoms with Crippen LogP contribution in [0.2, 0.25) is 0 Å². The van der Waals surface area contributed by atoms with E-state index in [0.717, 1.165) is 6.08 Å². The predicted molar refractivity (Wildman–Crippen MR) is 28.2 cm³/mol. The van der Waals surface area contributed by atoms with Gasteiger partial charge in [-0.1, -0.05) is 6.58 Å². The zero-order valence-corrected chi connectivity index (χ0v) is 5.06. The number of rotatable bonds is 3. The Balaban J connectivity index is 3.45. The van der Waals surface area contributed by atoms with Gasteiger partial charge < -0.3 is 9.84 Å². The average Bonchev–Trinajstić information content (AvgIpc) is 1.81. The molecule has 0 aromatic heterocycles. The highest BCUT2D eigenvalue weighted by atomic mass is 19.4. The van der Waals surface area contributed by atoms with Gasteiger partial charge in [0.05, 0.1) is 0 Å². The summed E-state index contributed by atoms with van der Waals surface area (Å²) in [5.41, 5.74) is 0. The molecule has 0 aromatic rings. The summed E-state index contributed by atoms with van der Waals surface area (Å²) in [6.45, 7) is 1.56. The van der Waals surface area contributed by atoms with E-state index in [2.05, 4.69) is 11.3 Å². The molecule has 10 heavy (non-hydrogen) atoms. The van der Waals surface area contributed by atoms with Crippen LogP contribution in [0.3, 0.4) is 0 Å². The van der Waals surface area contributed by atoms with Gasteiger partial charge in [-0.15, -0.1) is 0 Å². The van der Waals surface area contributed by atoms with Crippen molar-refractivity contribution in [2.75, 3.05) is 6.61 Å². The summed E-state index contributed by atoms with van der Waals surface area (Å²) in [4.78, 5) is 0. The molecule has 0 aromatic carbocycles. The van der Waals surface area contributed by atoms with Crippen LogP contribution in [0.25, 0.3) is 0 Å². The summed E-state index contributed by atoms with van der Waals surface area (Å²) in [6.07, 6.45) is -5.07. The van der Waals surface area contributed by atoms with Crippen LogP contribution in [0.5, 0.6) is 0 Å². The molecule has 1 N–H and O–H groups in total. The maximum absolute atomic E-state index is 11.3. The molecule has 0 saturated carbocycles. The highest BCUT2D eigenvalue weighted by molar-refractivity contribution is 4.69. The van der Waals surface area contributed by atoms with E-state index in [1.807, 2.05) is 0 Å². The van der Waals surface area contributed by atoms with E-state index in [-0.39, 0.29) is 0 Å². The SMILES string of the molecule is C=CC(O)OCC(F)(F)F. The highest BCUT2D eigenvalue weighted by Gasteiger charge is 2.28. The maximum Gasteiger partial charge on any atom is 0.411 e. The first-order valence-electron chi connectivity index (χ1n) is 2.44. The van der Waals surface area contributed by atoms with Crippen LogP contribution in [-0.2, 0) is 4.74 Å². The Bertz CT molecular complexity index is 110. The lowest BCUT2D eigenvalue weighted by atomic mass is 10.6. The third-order valence-corrected chi connectivity index (χ3v) is 0.619. The molecule has 0 aliphatic heterocycles. The summed E-state index contributed by atoms with van der Waals surface area (Å²) in [7, 11) is 0. The van der Waals surface area contributed by atoms with Gasteiger partial charge in [0.25, 0.3) is 0 Å². The van der Waals surface area contributed by atoms with Gasteiger partial charge in [0.15, 0.2) is 6.29 Å². The van der Waals surface area contributed by atoms with E-state index in [4.69, 9.17) is 5.11 Å².